The maximum Gasteiger partial charge on any atom is 0.410 e. The lowest BCUT2D eigenvalue weighted by atomic mass is 9.94. The van der Waals surface area contributed by atoms with Crippen molar-refractivity contribution in [3.8, 4) is 6.07 Å². The Morgan fingerprint density at radius 3 is 2.72 bits per heavy atom. The lowest BCUT2D eigenvalue weighted by Gasteiger charge is -2.34. The molecule has 3 aliphatic rings. The van der Waals surface area contributed by atoms with Crippen molar-refractivity contribution in [2.45, 2.75) is 45.1 Å². The Labute approximate surface area is 223 Å². The number of pyridine rings is 1. The summed E-state index contributed by atoms with van der Waals surface area (Å²) in [5, 5.41) is 12.7. The van der Waals surface area contributed by atoms with Crippen LogP contribution in [0.15, 0.2) is 30.5 Å². The van der Waals surface area contributed by atoms with Crippen molar-refractivity contribution >= 4 is 28.6 Å². The molecule has 0 bridgehead atoms. The van der Waals surface area contributed by atoms with Crippen molar-refractivity contribution in [1.29, 1.82) is 5.26 Å². The predicted octanol–water partition coefficient (Wildman–Crippen LogP) is 3.62. The molecule has 2 aromatic rings. The molecule has 0 radical (unpaired) electrons. The number of aromatic nitrogens is 1. The van der Waals surface area contributed by atoms with E-state index in [9.17, 15) is 28.0 Å². The standard InChI is InChI=1S/C27H30F3N5O4/c1-24(2,3)39-23(37)34-9-10-38-18(13-34)12-33-22(36)25-14-26(25,27(28,29)30)16-35(15-25)20-7-6-17(11-31)21-19(20)5-4-8-32-21/h4-8,18H,9-10,12-16H2,1-3H3,(H,33,36). The number of anilines is 1. The third-order valence-electron chi connectivity index (χ3n) is 7.78. The largest absolute Gasteiger partial charge is 0.444 e. The van der Waals surface area contributed by atoms with E-state index in [1.807, 2.05) is 0 Å². The highest BCUT2D eigenvalue weighted by Crippen LogP contribution is 2.75. The van der Waals surface area contributed by atoms with Gasteiger partial charge in [-0.15, -0.1) is 0 Å². The van der Waals surface area contributed by atoms with E-state index in [4.69, 9.17) is 9.47 Å². The quantitative estimate of drug-likeness (QED) is 0.625. The van der Waals surface area contributed by atoms with Gasteiger partial charge in [-0.25, -0.2) is 4.79 Å². The number of carbonyl (C=O) groups is 2. The second kappa shape index (κ2) is 9.26. The normalized spacial score (nSPS) is 26.6. The van der Waals surface area contributed by atoms with Crippen LogP contribution in [-0.4, -0.2) is 79.1 Å². The van der Waals surface area contributed by atoms with E-state index < -0.39 is 40.7 Å². The van der Waals surface area contributed by atoms with E-state index in [-0.39, 0.29) is 39.2 Å². The number of fused-ring (bicyclic) bond motifs is 2. The van der Waals surface area contributed by atoms with Crippen molar-refractivity contribution in [2.75, 3.05) is 44.2 Å². The first-order chi connectivity index (χ1) is 18.3. The summed E-state index contributed by atoms with van der Waals surface area (Å²) in [5.41, 5.74) is -3.26. The van der Waals surface area contributed by atoms with Crippen LogP contribution in [0.25, 0.3) is 10.9 Å². The molecule has 39 heavy (non-hydrogen) atoms. The summed E-state index contributed by atoms with van der Waals surface area (Å²) in [4.78, 5) is 33.1. The number of carbonyl (C=O) groups excluding carboxylic acids is 2. The molecule has 1 N–H and O–H groups in total. The number of nitriles is 1. The monoisotopic (exact) mass is 545 g/mol. The van der Waals surface area contributed by atoms with Crippen molar-refractivity contribution < 1.29 is 32.2 Å². The van der Waals surface area contributed by atoms with Crippen molar-refractivity contribution in [2.24, 2.45) is 10.8 Å². The summed E-state index contributed by atoms with van der Waals surface area (Å²) in [6.45, 7) is 5.46. The Morgan fingerprint density at radius 2 is 2.03 bits per heavy atom. The first-order valence-electron chi connectivity index (χ1n) is 12.8. The number of hydrogen-bond acceptors (Lipinski definition) is 7. The molecular weight excluding hydrogens is 515 g/mol. The molecule has 5 rings (SSSR count). The van der Waals surface area contributed by atoms with Gasteiger partial charge in [0.25, 0.3) is 0 Å². The molecule has 3 atom stereocenters. The molecule has 12 heteroatoms. The zero-order valence-electron chi connectivity index (χ0n) is 22.0. The number of nitrogens with one attached hydrogen (secondary N) is 1. The van der Waals surface area contributed by atoms with Crippen LogP contribution in [0.1, 0.15) is 32.8 Å². The lowest BCUT2D eigenvalue weighted by molar-refractivity contribution is -0.191. The molecule has 9 nitrogen and oxygen atoms in total. The highest BCUT2D eigenvalue weighted by molar-refractivity contribution is 5.97. The zero-order valence-corrected chi connectivity index (χ0v) is 22.0. The molecule has 1 saturated carbocycles. The fraction of sp³-hybridized carbons (Fsp3) is 0.556. The Hall–Kier alpha value is -3.59. The van der Waals surface area contributed by atoms with Gasteiger partial charge in [0.2, 0.25) is 5.91 Å². The number of amides is 2. The number of nitrogens with zero attached hydrogens (tertiary/aromatic N) is 4. The second-order valence-electron chi connectivity index (χ2n) is 11.5. The summed E-state index contributed by atoms with van der Waals surface area (Å²) in [7, 11) is 0. The van der Waals surface area contributed by atoms with Gasteiger partial charge in [-0.05, 0) is 51.5 Å². The second-order valence-corrected chi connectivity index (χ2v) is 11.5. The van der Waals surface area contributed by atoms with Crippen LogP contribution in [0, 0.1) is 22.2 Å². The zero-order chi connectivity index (χ0) is 28.2. The molecule has 2 amide bonds. The average Bonchev–Trinajstić information content (AvgIpc) is 3.43. The Kier molecular flexibility index (Phi) is 6.41. The van der Waals surface area contributed by atoms with Crippen LogP contribution >= 0.6 is 0 Å². The summed E-state index contributed by atoms with van der Waals surface area (Å²) in [6, 6.07) is 8.60. The van der Waals surface area contributed by atoms with Gasteiger partial charge in [-0.1, -0.05) is 0 Å². The predicted molar refractivity (Wildman–Crippen MR) is 135 cm³/mol. The van der Waals surface area contributed by atoms with Gasteiger partial charge in [0.15, 0.2) is 0 Å². The van der Waals surface area contributed by atoms with Gasteiger partial charge in [0.05, 0.1) is 35.8 Å². The van der Waals surface area contributed by atoms with Gasteiger partial charge in [0.1, 0.15) is 17.1 Å². The minimum atomic E-state index is -4.59. The highest BCUT2D eigenvalue weighted by Gasteiger charge is 2.86. The van der Waals surface area contributed by atoms with Crippen LogP contribution in [0.4, 0.5) is 23.7 Å². The average molecular weight is 546 g/mol. The number of hydrogen-bond donors (Lipinski definition) is 1. The first-order valence-corrected chi connectivity index (χ1v) is 12.8. The summed E-state index contributed by atoms with van der Waals surface area (Å²) >= 11 is 0. The minimum Gasteiger partial charge on any atom is -0.444 e. The van der Waals surface area contributed by atoms with Gasteiger partial charge in [0, 0.05) is 43.4 Å². The summed E-state index contributed by atoms with van der Waals surface area (Å²) in [6.07, 6.45) is -4.44. The number of alkyl halides is 3. The number of ether oxygens (including phenoxy) is 2. The number of piperidine rings is 1. The van der Waals surface area contributed by atoms with E-state index in [1.54, 1.807) is 49.9 Å². The molecule has 1 aromatic carbocycles. The fourth-order valence-electron chi connectivity index (χ4n) is 5.83. The molecule has 1 aliphatic carbocycles. The maximum absolute atomic E-state index is 14.4. The topological polar surface area (TPSA) is 108 Å². The molecule has 3 fully saturated rings. The van der Waals surface area contributed by atoms with Gasteiger partial charge >= 0.3 is 12.3 Å². The smallest absolute Gasteiger partial charge is 0.410 e. The lowest BCUT2D eigenvalue weighted by Crippen LogP contribution is -2.52. The fourth-order valence-corrected chi connectivity index (χ4v) is 5.83. The molecule has 3 unspecified atom stereocenters. The Morgan fingerprint density at radius 1 is 1.26 bits per heavy atom. The minimum absolute atomic E-state index is 0.0302. The SMILES string of the molecule is CC(C)(C)OC(=O)N1CCOC(CNC(=O)C23CN(c4ccc(C#N)c5ncccc45)CC2(C(F)(F)F)C3)C1. The van der Waals surface area contributed by atoms with Crippen LogP contribution in [-0.2, 0) is 14.3 Å². The molecule has 208 valence electrons. The first kappa shape index (κ1) is 27.0. The van der Waals surface area contributed by atoms with Gasteiger partial charge in [-0.3, -0.25) is 9.78 Å². The molecule has 1 aromatic heterocycles. The van der Waals surface area contributed by atoms with Crippen LogP contribution < -0.4 is 10.2 Å². The van der Waals surface area contributed by atoms with Crippen molar-refractivity contribution in [3.63, 3.8) is 0 Å². The van der Waals surface area contributed by atoms with Crippen LogP contribution in [0.3, 0.4) is 0 Å². The van der Waals surface area contributed by atoms with E-state index in [0.29, 0.717) is 28.7 Å². The van der Waals surface area contributed by atoms with Crippen LogP contribution in [0.2, 0.25) is 0 Å². The number of morpholine rings is 1. The van der Waals surface area contributed by atoms with E-state index in [2.05, 4.69) is 16.4 Å². The molecule has 3 heterocycles. The number of rotatable bonds is 4. The van der Waals surface area contributed by atoms with E-state index in [0.717, 1.165) is 0 Å². The van der Waals surface area contributed by atoms with Gasteiger partial charge in [-0.2, -0.15) is 18.4 Å². The number of benzene rings is 1. The molecule has 2 saturated heterocycles. The van der Waals surface area contributed by atoms with Crippen molar-refractivity contribution in [3.05, 3.63) is 36.0 Å². The molecule has 0 spiro atoms. The molecule has 2 aliphatic heterocycles. The van der Waals surface area contributed by atoms with E-state index >= 15 is 0 Å². The molecular formula is C27H30F3N5O4. The Bertz CT molecular complexity index is 1350. The third-order valence-corrected chi connectivity index (χ3v) is 7.78. The van der Waals surface area contributed by atoms with Crippen molar-refractivity contribution in [1.82, 2.24) is 15.2 Å². The van der Waals surface area contributed by atoms with E-state index in [1.165, 1.54) is 11.1 Å². The van der Waals surface area contributed by atoms with Gasteiger partial charge < -0.3 is 24.6 Å². The third kappa shape index (κ3) is 4.62. The highest BCUT2D eigenvalue weighted by atomic mass is 19.4. The number of halogens is 3. The maximum atomic E-state index is 14.4. The summed E-state index contributed by atoms with van der Waals surface area (Å²) in [5.74, 6) is -0.684. The van der Waals surface area contributed by atoms with Crippen LogP contribution in [0.5, 0.6) is 0 Å². The Balaban J connectivity index is 1.32. The summed E-state index contributed by atoms with van der Waals surface area (Å²) < 4.78 is 54.4.